The highest BCUT2D eigenvalue weighted by atomic mass is 35.5. The summed E-state index contributed by atoms with van der Waals surface area (Å²) in [7, 11) is 0. The van der Waals surface area contributed by atoms with Crippen LogP contribution in [0.5, 0.6) is 5.75 Å². The Hall–Kier alpha value is -1.42. The second-order valence-corrected chi connectivity index (χ2v) is 7.39. The number of rotatable bonds is 6. The largest absolute Gasteiger partial charge is 0.481 e. The van der Waals surface area contributed by atoms with E-state index in [1.165, 1.54) is 0 Å². The molecule has 2 aromatic rings. The van der Waals surface area contributed by atoms with Gasteiger partial charge in [-0.2, -0.15) is 0 Å². The quantitative estimate of drug-likeness (QED) is 0.564. The first kappa shape index (κ1) is 20.9. The van der Waals surface area contributed by atoms with Crippen LogP contribution in [0, 0.1) is 13.8 Å². The van der Waals surface area contributed by atoms with Crippen LogP contribution < -0.4 is 10.1 Å². The molecule has 3 nitrogen and oxygen atoms in total. The fourth-order valence-electron chi connectivity index (χ4n) is 2.62. The topological polar surface area (TPSA) is 38.3 Å². The van der Waals surface area contributed by atoms with Crippen molar-refractivity contribution in [3.8, 4) is 5.75 Å². The van der Waals surface area contributed by atoms with Gasteiger partial charge < -0.3 is 10.1 Å². The molecule has 2 rings (SSSR count). The molecular formula is C20H22Cl3NO2. The predicted molar refractivity (Wildman–Crippen MR) is 110 cm³/mol. The average Bonchev–Trinajstić information content (AvgIpc) is 2.64. The molecule has 0 aliphatic rings. The summed E-state index contributed by atoms with van der Waals surface area (Å²) >= 11 is 18.7. The van der Waals surface area contributed by atoms with Crippen LogP contribution in [0.15, 0.2) is 24.3 Å². The van der Waals surface area contributed by atoms with Crippen LogP contribution in [0.3, 0.4) is 0 Å². The van der Waals surface area contributed by atoms with Crippen molar-refractivity contribution in [3.63, 3.8) is 0 Å². The monoisotopic (exact) mass is 413 g/mol. The summed E-state index contributed by atoms with van der Waals surface area (Å²) in [5, 5.41) is 4.03. The van der Waals surface area contributed by atoms with Crippen LogP contribution in [0.25, 0.3) is 0 Å². The summed E-state index contributed by atoms with van der Waals surface area (Å²) in [6.07, 6.45) is 0.984. The Morgan fingerprint density at radius 1 is 1.08 bits per heavy atom. The van der Waals surface area contributed by atoms with Gasteiger partial charge in [0.05, 0.1) is 10.0 Å². The molecule has 1 atom stereocenters. The van der Waals surface area contributed by atoms with Crippen LogP contribution in [-0.2, 0) is 4.79 Å². The van der Waals surface area contributed by atoms with Gasteiger partial charge in [0, 0.05) is 10.7 Å². The van der Waals surface area contributed by atoms with Crippen molar-refractivity contribution in [2.24, 2.45) is 0 Å². The highest BCUT2D eigenvalue weighted by Gasteiger charge is 2.19. The van der Waals surface area contributed by atoms with Gasteiger partial charge in [0.2, 0.25) is 0 Å². The van der Waals surface area contributed by atoms with E-state index in [1.807, 2.05) is 24.3 Å². The van der Waals surface area contributed by atoms with E-state index in [9.17, 15) is 4.79 Å². The number of nitrogens with one attached hydrogen (secondary N) is 1. The molecule has 1 unspecified atom stereocenters. The second kappa shape index (κ2) is 8.98. The lowest BCUT2D eigenvalue weighted by Gasteiger charge is -2.17. The van der Waals surface area contributed by atoms with Crippen molar-refractivity contribution in [1.29, 1.82) is 0 Å². The molecule has 0 radical (unpaired) electrons. The van der Waals surface area contributed by atoms with Crippen LogP contribution in [0.2, 0.25) is 15.1 Å². The number of carbonyl (C=O) groups excluding carboxylic acids is 1. The van der Waals surface area contributed by atoms with Gasteiger partial charge in [-0.1, -0.05) is 66.8 Å². The van der Waals surface area contributed by atoms with E-state index in [0.29, 0.717) is 32.1 Å². The zero-order chi connectivity index (χ0) is 19.4. The van der Waals surface area contributed by atoms with Gasteiger partial charge >= 0.3 is 0 Å². The number of ether oxygens (including phenoxy) is 1. The number of benzene rings is 2. The summed E-state index contributed by atoms with van der Waals surface area (Å²) in [6, 6.07) is 7.76. The molecule has 0 bridgehead atoms. The number of carbonyl (C=O) groups is 1. The normalized spacial score (nSPS) is 12.0. The first-order chi connectivity index (χ1) is 12.3. The molecule has 140 valence electrons. The van der Waals surface area contributed by atoms with Crippen LogP contribution in [0.4, 0.5) is 5.69 Å². The number of anilines is 1. The molecule has 0 spiro atoms. The van der Waals surface area contributed by atoms with E-state index < -0.39 is 0 Å². The first-order valence-electron chi connectivity index (χ1n) is 8.43. The third-order valence-corrected chi connectivity index (χ3v) is 5.92. The lowest BCUT2D eigenvalue weighted by Crippen LogP contribution is -2.21. The summed E-state index contributed by atoms with van der Waals surface area (Å²) in [4.78, 5) is 12.4. The van der Waals surface area contributed by atoms with Crippen molar-refractivity contribution < 1.29 is 9.53 Å². The van der Waals surface area contributed by atoms with Crippen molar-refractivity contribution in [2.45, 2.75) is 40.0 Å². The van der Waals surface area contributed by atoms with E-state index in [1.54, 1.807) is 13.8 Å². The molecule has 0 heterocycles. The zero-order valence-corrected chi connectivity index (χ0v) is 17.5. The number of halogens is 3. The summed E-state index contributed by atoms with van der Waals surface area (Å²) in [5.74, 6) is 0.342. The molecule has 0 aromatic heterocycles. The molecule has 2 aromatic carbocycles. The minimum absolute atomic E-state index is 0.200. The molecule has 0 fully saturated rings. The van der Waals surface area contributed by atoms with Crippen molar-refractivity contribution >= 4 is 46.4 Å². The molecule has 0 aliphatic heterocycles. The number of hydrogen-bond donors (Lipinski definition) is 1. The van der Waals surface area contributed by atoms with Crippen molar-refractivity contribution in [3.05, 3.63) is 56.0 Å². The molecule has 1 amide bonds. The molecular weight excluding hydrogens is 393 g/mol. The predicted octanol–water partition coefficient (Wildman–Crippen LogP) is 6.79. The number of para-hydroxylation sites is 1. The number of hydrogen-bond acceptors (Lipinski definition) is 2. The van der Waals surface area contributed by atoms with E-state index >= 15 is 0 Å². The highest BCUT2D eigenvalue weighted by molar-refractivity contribution is 6.42. The van der Waals surface area contributed by atoms with Gasteiger partial charge in [-0.05, 0) is 48.9 Å². The minimum atomic E-state index is -0.279. The summed E-state index contributed by atoms with van der Waals surface area (Å²) in [5.41, 5.74) is 3.23. The van der Waals surface area contributed by atoms with Gasteiger partial charge in [-0.3, -0.25) is 4.79 Å². The van der Waals surface area contributed by atoms with Crippen LogP contribution in [0.1, 0.15) is 42.9 Å². The van der Waals surface area contributed by atoms with Gasteiger partial charge in [-0.25, -0.2) is 0 Å². The molecule has 6 heteroatoms. The molecule has 1 N–H and O–H groups in total. The Bertz CT molecular complexity index is 792. The maximum absolute atomic E-state index is 12.4. The lowest BCUT2D eigenvalue weighted by atomic mass is 9.97. The Kier molecular flexibility index (Phi) is 7.22. The standard InChI is InChI=1S/C20H22Cl3NO2/c1-5-11(2)14-8-6-7-9-15(14)24-16(25)10-26-20-18(22)12(3)17(21)13(4)19(20)23/h6-9,11H,5,10H2,1-4H3,(H,24,25). The third kappa shape index (κ3) is 4.46. The second-order valence-electron chi connectivity index (χ2n) is 6.25. The highest BCUT2D eigenvalue weighted by Crippen LogP contribution is 2.42. The van der Waals surface area contributed by atoms with E-state index in [2.05, 4.69) is 19.2 Å². The van der Waals surface area contributed by atoms with Gasteiger partial charge in [0.15, 0.2) is 12.4 Å². The Morgan fingerprint density at radius 2 is 1.65 bits per heavy atom. The summed E-state index contributed by atoms with van der Waals surface area (Å²) in [6.45, 7) is 7.60. The third-order valence-electron chi connectivity index (χ3n) is 4.44. The maximum atomic E-state index is 12.4. The molecule has 0 saturated heterocycles. The van der Waals surface area contributed by atoms with E-state index in [0.717, 1.165) is 17.7 Å². The average molecular weight is 415 g/mol. The Morgan fingerprint density at radius 3 is 2.23 bits per heavy atom. The number of amides is 1. The Labute approximate surface area is 169 Å². The fourth-order valence-corrected chi connectivity index (χ4v) is 3.44. The fraction of sp³-hybridized carbons (Fsp3) is 0.350. The molecule has 0 saturated carbocycles. The minimum Gasteiger partial charge on any atom is -0.481 e. The van der Waals surface area contributed by atoms with Crippen molar-refractivity contribution in [1.82, 2.24) is 0 Å². The van der Waals surface area contributed by atoms with Crippen molar-refractivity contribution in [2.75, 3.05) is 11.9 Å². The van der Waals surface area contributed by atoms with Gasteiger partial charge in [0.1, 0.15) is 0 Å². The van der Waals surface area contributed by atoms with E-state index in [-0.39, 0.29) is 18.3 Å². The molecule has 0 aliphatic carbocycles. The first-order valence-corrected chi connectivity index (χ1v) is 9.56. The lowest BCUT2D eigenvalue weighted by molar-refractivity contribution is -0.118. The van der Waals surface area contributed by atoms with Crippen LogP contribution >= 0.6 is 34.8 Å². The maximum Gasteiger partial charge on any atom is 0.262 e. The van der Waals surface area contributed by atoms with Gasteiger partial charge in [-0.15, -0.1) is 0 Å². The SMILES string of the molecule is CCC(C)c1ccccc1NC(=O)COc1c(Cl)c(C)c(Cl)c(C)c1Cl. The van der Waals surface area contributed by atoms with Gasteiger partial charge in [0.25, 0.3) is 5.91 Å². The smallest absolute Gasteiger partial charge is 0.262 e. The van der Waals surface area contributed by atoms with E-state index in [4.69, 9.17) is 39.5 Å². The van der Waals surface area contributed by atoms with Crippen LogP contribution in [-0.4, -0.2) is 12.5 Å². The zero-order valence-electron chi connectivity index (χ0n) is 15.3. The summed E-state index contributed by atoms with van der Waals surface area (Å²) < 4.78 is 5.61. The Balaban J connectivity index is 2.14. The molecule has 26 heavy (non-hydrogen) atoms.